The van der Waals surface area contributed by atoms with Crippen LogP contribution in [0.5, 0.6) is 0 Å². The van der Waals surface area contributed by atoms with E-state index in [1.165, 1.54) is 18.3 Å². The maximum Gasteiger partial charge on any atom is 0.279 e. The Kier molecular flexibility index (Phi) is 4.04. The van der Waals surface area contributed by atoms with Gasteiger partial charge < -0.3 is 5.11 Å². The Morgan fingerprint density at radius 3 is 2.37 bits per heavy atom. The van der Waals surface area contributed by atoms with Crippen LogP contribution < -0.4 is 4.72 Å². The van der Waals surface area contributed by atoms with Gasteiger partial charge in [-0.3, -0.25) is 4.72 Å². The molecule has 0 aliphatic rings. The molecule has 5 nitrogen and oxygen atoms in total. The zero-order valence-electron chi connectivity index (χ0n) is 9.75. The maximum absolute atomic E-state index is 12.0. The number of benzene rings is 1. The molecule has 0 unspecified atom stereocenters. The Labute approximate surface area is 115 Å². The molecule has 0 spiro atoms. The molecule has 0 fully saturated rings. The summed E-state index contributed by atoms with van der Waals surface area (Å²) >= 11 is 5.72. The van der Waals surface area contributed by atoms with Crippen molar-refractivity contribution in [2.24, 2.45) is 0 Å². The SMILES string of the molecule is O=S(=O)(Nc1ccc(Cl)cc1)c1ccc(CO)cn1. The van der Waals surface area contributed by atoms with Crippen LogP contribution in [0.25, 0.3) is 0 Å². The van der Waals surface area contributed by atoms with Gasteiger partial charge in [-0.05, 0) is 35.9 Å². The molecular formula is C12H11ClN2O3S. The summed E-state index contributed by atoms with van der Waals surface area (Å²) in [4.78, 5) is 3.80. The number of sulfonamides is 1. The number of nitrogens with zero attached hydrogens (tertiary/aromatic N) is 1. The highest BCUT2D eigenvalue weighted by molar-refractivity contribution is 7.92. The predicted molar refractivity (Wildman–Crippen MR) is 72.4 cm³/mol. The van der Waals surface area contributed by atoms with Crippen LogP contribution in [-0.4, -0.2) is 18.5 Å². The van der Waals surface area contributed by atoms with Crippen molar-refractivity contribution < 1.29 is 13.5 Å². The molecule has 1 aromatic carbocycles. The van der Waals surface area contributed by atoms with Crippen molar-refractivity contribution in [2.45, 2.75) is 11.6 Å². The van der Waals surface area contributed by atoms with Crippen molar-refractivity contribution in [1.82, 2.24) is 4.98 Å². The third-order valence-corrected chi connectivity index (χ3v) is 3.90. The Morgan fingerprint density at radius 1 is 1.16 bits per heavy atom. The van der Waals surface area contributed by atoms with E-state index in [4.69, 9.17) is 16.7 Å². The number of hydrogen-bond acceptors (Lipinski definition) is 4. The highest BCUT2D eigenvalue weighted by Gasteiger charge is 2.15. The molecule has 0 aliphatic heterocycles. The van der Waals surface area contributed by atoms with Crippen LogP contribution in [-0.2, 0) is 16.6 Å². The molecule has 2 N–H and O–H groups in total. The maximum atomic E-state index is 12.0. The monoisotopic (exact) mass is 298 g/mol. The predicted octanol–water partition coefficient (Wildman–Crippen LogP) is 2.03. The molecule has 0 atom stereocenters. The quantitative estimate of drug-likeness (QED) is 0.905. The van der Waals surface area contributed by atoms with Crippen molar-refractivity contribution >= 4 is 27.3 Å². The molecular weight excluding hydrogens is 288 g/mol. The average molecular weight is 299 g/mol. The van der Waals surface area contributed by atoms with Crippen molar-refractivity contribution in [2.75, 3.05) is 4.72 Å². The van der Waals surface area contributed by atoms with Crippen LogP contribution in [0.4, 0.5) is 5.69 Å². The van der Waals surface area contributed by atoms with E-state index in [1.807, 2.05) is 0 Å². The van der Waals surface area contributed by atoms with Gasteiger partial charge in [-0.1, -0.05) is 17.7 Å². The summed E-state index contributed by atoms with van der Waals surface area (Å²) in [7, 11) is -3.74. The minimum atomic E-state index is -3.74. The van der Waals surface area contributed by atoms with Gasteiger partial charge in [0.2, 0.25) is 0 Å². The first kappa shape index (κ1) is 13.8. The Hall–Kier alpha value is -1.63. The second-order valence-electron chi connectivity index (χ2n) is 3.78. The second-order valence-corrected chi connectivity index (χ2v) is 5.84. The number of rotatable bonds is 4. The number of halogens is 1. The molecule has 0 amide bonds. The fourth-order valence-corrected chi connectivity index (χ4v) is 2.50. The third-order valence-electron chi connectivity index (χ3n) is 2.35. The van der Waals surface area contributed by atoms with Crippen LogP contribution in [0.1, 0.15) is 5.56 Å². The van der Waals surface area contributed by atoms with Crippen LogP contribution in [0.3, 0.4) is 0 Å². The molecule has 0 saturated carbocycles. The summed E-state index contributed by atoms with van der Waals surface area (Å²) < 4.78 is 26.4. The minimum absolute atomic E-state index is 0.111. The highest BCUT2D eigenvalue weighted by atomic mass is 35.5. The summed E-state index contributed by atoms with van der Waals surface area (Å²) in [6, 6.07) is 9.13. The average Bonchev–Trinajstić information content (AvgIpc) is 2.41. The molecule has 1 aromatic heterocycles. The van der Waals surface area contributed by atoms with Gasteiger partial charge in [0.15, 0.2) is 5.03 Å². The van der Waals surface area contributed by atoms with Crippen molar-refractivity contribution in [3.8, 4) is 0 Å². The Morgan fingerprint density at radius 2 is 1.84 bits per heavy atom. The van der Waals surface area contributed by atoms with Crippen molar-refractivity contribution in [3.63, 3.8) is 0 Å². The van der Waals surface area contributed by atoms with E-state index in [0.29, 0.717) is 16.3 Å². The lowest BCUT2D eigenvalue weighted by Gasteiger charge is -2.07. The lowest BCUT2D eigenvalue weighted by Crippen LogP contribution is -2.14. The van der Waals surface area contributed by atoms with Crippen LogP contribution in [0, 0.1) is 0 Å². The van der Waals surface area contributed by atoms with E-state index in [2.05, 4.69) is 9.71 Å². The van der Waals surface area contributed by atoms with Gasteiger partial charge in [-0.15, -0.1) is 0 Å². The fourth-order valence-electron chi connectivity index (χ4n) is 1.39. The summed E-state index contributed by atoms with van der Waals surface area (Å²) in [6.07, 6.45) is 1.32. The minimum Gasteiger partial charge on any atom is -0.392 e. The molecule has 100 valence electrons. The van der Waals surface area contributed by atoms with Gasteiger partial charge in [0.1, 0.15) is 0 Å². The standard InChI is InChI=1S/C12H11ClN2O3S/c13-10-2-4-11(5-3-10)15-19(17,18)12-6-1-9(8-16)7-14-12/h1-7,15-16H,8H2. The smallest absolute Gasteiger partial charge is 0.279 e. The number of anilines is 1. The molecule has 1 heterocycles. The molecule has 19 heavy (non-hydrogen) atoms. The van der Waals surface area contributed by atoms with E-state index in [9.17, 15) is 8.42 Å². The van der Waals surface area contributed by atoms with Gasteiger partial charge in [-0.25, -0.2) is 4.98 Å². The van der Waals surface area contributed by atoms with E-state index >= 15 is 0 Å². The molecule has 0 aliphatic carbocycles. The first-order valence-electron chi connectivity index (χ1n) is 5.35. The number of aromatic nitrogens is 1. The topological polar surface area (TPSA) is 79.3 Å². The summed E-state index contributed by atoms with van der Waals surface area (Å²) in [5, 5.41) is 9.29. The summed E-state index contributed by atoms with van der Waals surface area (Å²) in [6.45, 7) is -0.183. The lowest BCUT2D eigenvalue weighted by atomic mass is 10.3. The van der Waals surface area contributed by atoms with Crippen LogP contribution in [0.2, 0.25) is 5.02 Å². The highest BCUT2D eigenvalue weighted by Crippen LogP contribution is 2.17. The van der Waals surface area contributed by atoms with Crippen molar-refractivity contribution in [3.05, 3.63) is 53.2 Å². The number of aliphatic hydroxyl groups excluding tert-OH is 1. The number of pyridine rings is 1. The van der Waals surface area contributed by atoms with Crippen LogP contribution >= 0.6 is 11.6 Å². The summed E-state index contributed by atoms with van der Waals surface area (Å²) in [5.41, 5.74) is 0.947. The van der Waals surface area contributed by atoms with E-state index in [-0.39, 0.29) is 11.6 Å². The lowest BCUT2D eigenvalue weighted by molar-refractivity contribution is 0.281. The first-order valence-corrected chi connectivity index (χ1v) is 7.21. The van der Waals surface area contributed by atoms with Crippen LogP contribution in [0.15, 0.2) is 47.6 Å². The van der Waals surface area contributed by atoms with Gasteiger partial charge >= 0.3 is 0 Å². The van der Waals surface area contributed by atoms with Gasteiger partial charge in [0.25, 0.3) is 10.0 Å². The number of hydrogen-bond donors (Lipinski definition) is 2. The van der Waals surface area contributed by atoms with Crippen molar-refractivity contribution in [1.29, 1.82) is 0 Å². The number of nitrogens with one attached hydrogen (secondary N) is 1. The van der Waals surface area contributed by atoms with E-state index < -0.39 is 10.0 Å². The zero-order chi connectivity index (χ0) is 13.9. The third kappa shape index (κ3) is 3.44. The molecule has 7 heteroatoms. The molecule has 2 rings (SSSR count). The molecule has 0 saturated heterocycles. The molecule has 2 aromatic rings. The normalized spacial score (nSPS) is 11.3. The van der Waals surface area contributed by atoms with Gasteiger partial charge in [-0.2, -0.15) is 8.42 Å². The molecule has 0 radical (unpaired) electrons. The number of aliphatic hydroxyl groups is 1. The largest absolute Gasteiger partial charge is 0.392 e. The first-order chi connectivity index (χ1) is 9.01. The Balaban J connectivity index is 2.24. The Bertz CT molecular complexity index is 654. The van der Waals surface area contributed by atoms with E-state index in [1.54, 1.807) is 24.3 Å². The van der Waals surface area contributed by atoms with Gasteiger partial charge in [0, 0.05) is 16.9 Å². The zero-order valence-corrected chi connectivity index (χ0v) is 11.3. The summed E-state index contributed by atoms with van der Waals surface area (Å²) in [5.74, 6) is 0. The fraction of sp³-hybridized carbons (Fsp3) is 0.0833. The molecule has 0 bridgehead atoms. The van der Waals surface area contributed by atoms with Gasteiger partial charge in [0.05, 0.1) is 6.61 Å². The second kappa shape index (κ2) is 5.56. The van der Waals surface area contributed by atoms with E-state index in [0.717, 1.165) is 0 Å².